The molecule has 1 saturated heterocycles. The van der Waals surface area contributed by atoms with E-state index in [2.05, 4.69) is 20.2 Å². The first-order valence-corrected chi connectivity index (χ1v) is 8.04. The predicted octanol–water partition coefficient (Wildman–Crippen LogP) is 2.95. The van der Waals surface area contributed by atoms with Crippen LogP contribution in [0.25, 0.3) is 0 Å². The number of carbonyl (C=O) groups excluding carboxylic acids is 1. The van der Waals surface area contributed by atoms with E-state index in [0.717, 1.165) is 43.0 Å². The highest BCUT2D eigenvalue weighted by Crippen LogP contribution is 2.23. The SMILES string of the molecule is Cc1cccc(N2CCC(C(=O)Nc3ncccc3C)CC2)n1. The molecule has 2 aromatic rings. The van der Waals surface area contributed by atoms with Crippen molar-refractivity contribution in [3.63, 3.8) is 0 Å². The quantitative estimate of drug-likeness (QED) is 0.947. The summed E-state index contributed by atoms with van der Waals surface area (Å²) in [7, 11) is 0. The highest BCUT2D eigenvalue weighted by Gasteiger charge is 2.26. The molecule has 1 aliphatic rings. The molecule has 1 amide bonds. The van der Waals surface area contributed by atoms with Gasteiger partial charge in [0.15, 0.2) is 0 Å². The minimum Gasteiger partial charge on any atom is -0.357 e. The fourth-order valence-corrected chi connectivity index (χ4v) is 2.91. The average Bonchev–Trinajstić information content (AvgIpc) is 2.57. The minimum absolute atomic E-state index is 0.0393. The molecule has 1 N–H and O–H groups in total. The fourth-order valence-electron chi connectivity index (χ4n) is 2.91. The van der Waals surface area contributed by atoms with Gasteiger partial charge >= 0.3 is 0 Å². The fraction of sp³-hybridized carbons (Fsp3) is 0.389. The van der Waals surface area contributed by atoms with Gasteiger partial charge in [0.25, 0.3) is 0 Å². The molecule has 2 aromatic heterocycles. The molecule has 0 atom stereocenters. The Morgan fingerprint density at radius 2 is 1.96 bits per heavy atom. The van der Waals surface area contributed by atoms with Gasteiger partial charge in [0.2, 0.25) is 5.91 Å². The second-order valence-electron chi connectivity index (χ2n) is 6.06. The average molecular weight is 310 g/mol. The van der Waals surface area contributed by atoms with Crippen LogP contribution in [0.3, 0.4) is 0 Å². The van der Waals surface area contributed by atoms with E-state index in [1.165, 1.54) is 0 Å². The zero-order valence-corrected chi connectivity index (χ0v) is 13.6. The highest BCUT2D eigenvalue weighted by molar-refractivity contribution is 5.92. The van der Waals surface area contributed by atoms with Crippen LogP contribution in [-0.2, 0) is 4.79 Å². The van der Waals surface area contributed by atoms with Crippen molar-refractivity contribution in [3.8, 4) is 0 Å². The summed E-state index contributed by atoms with van der Waals surface area (Å²) in [6.45, 7) is 5.67. The van der Waals surface area contributed by atoms with Crippen LogP contribution >= 0.6 is 0 Å². The van der Waals surface area contributed by atoms with Crippen LogP contribution in [0.15, 0.2) is 36.5 Å². The van der Waals surface area contributed by atoms with Gasteiger partial charge in [-0.1, -0.05) is 12.1 Å². The minimum atomic E-state index is 0.0393. The summed E-state index contributed by atoms with van der Waals surface area (Å²) in [4.78, 5) is 23.5. The van der Waals surface area contributed by atoms with E-state index >= 15 is 0 Å². The third-order valence-electron chi connectivity index (χ3n) is 4.31. The first-order valence-electron chi connectivity index (χ1n) is 8.04. The maximum absolute atomic E-state index is 12.4. The molecule has 0 saturated carbocycles. The topological polar surface area (TPSA) is 58.1 Å². The Morgan fingerprint density at radius 3 is 2.65 bits per heavy atom. The number of aromatic nitrogens is 2. The van der Waals surface area contributed by atoms with Crippen LogP contribution in [0.5, 0.6) is 0 Å². The number of rotatable bonds is 3. The van der Waals surface area contributed by atoms with Gasteiger partial charge in [-0.15, -0.1) is 0 Å². The molecule has 0 spiro atoms. The summed E-state index contributed by atoms with van der Waals surface area (Å²) in [5, 5.41) is 2.96. The third-order valence-corrected chi connectivity index (χ3v) is 4.31. The van der Waals surface area contributed by atoms with Gasteiger partial charge in [-0.3, -0.25) is 4.79 Å². The van der Waals surface area contributed by atoms with Crippen molar-refractivity contribution in [1.29, 1.82) is 0 Å². The van der Waals surface area contributed by atoms with E-state index in [0.29, 0.717) is 5.82 Å². The molecule has 1 fully saturated rings. The monoisotopic (exact) mass is 310 g/mol. The number of pyridine rings is 2. The lowest BCUT2D eigenvalue weighted by atomic mass is 9.96. The van der Waals surface area contributed by atoms with Crippen LogP contribution in [0, 0.1) is 19.8 Å². The van der Waals surface area contributed by atoms with Gasteiger partial charge in [-0.25, -0.2) is 9.97 Å². The molecule has 0 radical (unpaired) electrons. The molecule has 3 rings (SSSR count). The summed E-state index contributed by atoms with van der Waals surface area (Å²) in [6, 6.07) is 9.89. The van der Waals surface area contributed by atoms with E-state index in [1.54, 1.807) is 6.20 Å². The molecule has 0 aromatic carbocycles. The lowest BCUT2D eigenvalue weighted by molar-refractivity contribution is -0.120. The predicted molar refractivity (Wildman–Crippen MR) is 91.5 cm³/mol. The zero-order valence-electron chi connectivity index (χ0n) is 13.6. The second-order valence-corrected chi connectivity index (χ2v) is 6.06. The van der Waals surface area contributed by atoms with Crippen LogP contribution in [0.4, 0.5) is 11.6 Å². The molecular formula is C18H22N4O. The molecule has 5 heteroatoms. The van der Waals surface area contributed by atoms with Gasteiger partial charge in [0, 0.05) is 30.9 Å². The number of piperidine rings is 1. The molecule has 1 aliphatic heterocycles. The highest BCUT2D eigenvalue weighted by atomic mass is 16.1. The van der Waals surface area contributed by atoms with Crippen LogP contribution in [0.1, 0.15) is 24.1 Å². The Bertz CT molecular complexity index is 693. The summed E-state index contributed by atoms with van der Waals surface area (Å²) in [5.41, 5.74) is 2.01. The van der Waals surface area contributed by atoms with E-state index in [1.807, 2.05) is 44.2 Å². The van der Waals surface area contributed by atoms with E-state index in [9.17, 15) is 4.79 Å². The van der Waals surface area contributed by atoms with E-state index in [4.69, 9.17) is 0 Å². The Balaban J connectivity index is 1.58. The zero-order chi connectivity index (χ0) is 16.2. The number of hydrogen-bond acceptors (Lipinski definition) is 4. The summed E-state index contributed by atoms with van der Waals surface area (Å²) in [6.07, 6.45) is 3.38. The molecule has 3 heterocycles. The van der Waals surface area contributed by atoms with Gasteiger partial charge in [-0.05, 0) is 50.5 Å². The maximum atomic E-state index is 12.4. The number of amides is 1. The van der Waals surface area contributed by atoms with Crippen LogP contribution < -0.4 is 10.2 Å². The molecule has 0 aliphatic carbocycles. The molecule has 23 heavy (non-hydrogen) atoms. The standard InChI is InChI=1S/C18H22N4O/c1-13-5-4-10-19-17(13)21-18(23)15-8-11-22(12-9-15)16-7-3-6-14(2)20-16/h3-7,10,15H,8-9,11-12H2,1-2H3,(H,19,21,23). The van der Waals surface area contributed by atoms with Gasteiger partial charge in [-0.2, -0.15) is 0 Å². The first-order chi connectivity index (χ1) is 11.1. The summed E-state index contributed by atoms with van der Waals surface area (Å²) in [5.74, 6) is 1.78. The second kappa shape index (κ2) is 6.77. The number of aryl methyl sites for hydroxylation is 2. The van der Waals surface area contributed by atoms with Crippen molar-refractivity contribution in [2.75, 3.05) is 23.3 Å². The van der Waals surface area contributed by atoms with Crippen molar-refractivity contribution in [3.05, 3.63) is 47.8 Å². The van der Waals surface area contributed by atoms with Gasteiger partial charge in [0.1, 0.15) is 11.6 Å². The lowest BCUT2D eigenvalue weighted by Crippen LogP contribution is -2.38. The van der Waals surface area contributed by atoms with Crippen LogP contribution in [-0.4, -0.2) is 29.0 Å². The normalized spacial score (nSPS) is 15.5. The number of nitrogens with zero attached hydrogens (tertiary/aromatic N) is 3. The van der Waals surface area contributed by atoms with Crippen molar-refractivity contribution in [2.24, 2.45) is 5.92 Å². The van der Waals surface area contributed by atoms with Gasteiger partial charge in [0.05, 0.1) is 0 Å². The number of anilines is 2. The van der Waals surface area contributed by atoms with Crippen molar-refractivity contribution < 1.29 is 4.79 Å². The number of carbonyl (C=O) groups is 1. The Morgan fingerprint density at radius 1 is 1.17 bits per heavy atom. The van der Waals surface area contributed by atoms with E-state index < -0.39 is 0 Å². The van der Waals surface area contributed by atoms with E-state index in [-0.39, 0.29) is 11.8 Å². The maximum Gasteiger partial charge on any atom is 0.228 e. The number of nitrogens with one attached hydrogen (secondary N) is 1. The molecule has 0 bridgehead atoms. The first kappa shape index (κ1) is 15.5. The Hall–Kier alpha value is -2.43. The smallest absolute Gasteiger partial charge is 0.228 e. The number of hydrogen-bond donors (Lipinski definition) is 1. The lowest BCUT2D eigenvalue weighted by Gasteiger charge is -2.32. The van der Waals surface area contributed by atoms with Gasteiger partial charge < -0.3 is 10.2 Å². The largest absolute Gasteiger partial charge is 0.357 e. The van der Waals surface area contributed by atoms with Crippen molar-refractivity contribution in [1.82, 2.24) is 9.97 Å². The molecule has 0 unspecified atom stereocenters. The summed E-state index contributed by atoms with van der Waals surface area (Å²) >= 11 is 0. The Kier molecular flexibility index (Phi) is 4.55. The molecule has 120 valence electrons. The Labute approximate surface area is 136 Å². The molecule has 5 nitrogen and oxygen atoms in total. The third kappa shape index (κ3) is 3.67. The van der Waals surface area contributed by atoms with Crippen molar-refractivity contribution >= 4 is 17.5 Å². The molecular weight excluding hydrogens is 288 g/mol. The van der Waals surface area contributed by atoms with Crippen molar-refractivity contribution in [2.45, 2.75) is 26.7 Å². The summed E-state index contributed by atoms with van der Waals surface area (Å²) < 4.78 is 0. The van der Waals surface area contributed by atoms with Crippen LogP contribution in [0.2, 0.25) is 0 Å².